The molecule has 0 N–H and O–H groups in total. The smallest absolute Gasteiger partial charge is 0.370 e. The summed E-state index contributed by atoms with van der Waals surface area (Å²) in [5.74, 6) is -0.750. The first-order valence-corrected chi connectivity index (χ1v) is 8.24. The highest BCUT2D eigenvalue weighted by atomic mass is 32.1. The number of halogens is 4. The number of nitriles is 1. The number of benzene rings is 1. The van der Waals surface area contributed by atoms with Crippen LogP contribution in [0.4, 0.5) is 23.2 Å². The van der Waals surface area contributed by atoms with E-state index in [0.29, 0.717) is 23.8 Å². The number of hydrogen-bond donors (Lipinski definition) is 0. The fraction of sp³-hybridized carbons (Fsp3) is 0.375. The zero-order chi connectivity index (χ0) is 17.3. The van der Waals surface area contributed by atoms with Crippen LogP contribution in [0.25, 0.3) is 0 Å². The molecule has 0 amide bonds. The number of thiazole rings is 1. The Balaban J connectivity index is 1.84. The van der Waals surface area contributed by atoms with Gasteiger partial charge < -0.3 is 4.90 Å². The van der Waals surface area contributed by atoms with Crippen molar-refractivity contribution in [1.29, 1.82) is 5.26 Å². The van der Waals surface area contributed by atoms with Gasteiger partial charge in [0.1, 0.15) is 17.4 Å². The first kappa shape index (κ1) is 16.7. The highest BCUT2D eigenvalue weighted by Gasteiger charge is 2.35. The lowest BCUT2D eigenvalue weighted by molar-refractivity contribution is -0.140. The van der Waals surface area contributed by atoms with Crippen molar-refractivity contribution in [2.24, 2.45) is 0 Å². The first-order valence-electron chi connectivity index (χ1n) is 7.36. The Morgan fingerprint density at radius 2 is 2.12 bits per heavy atom. The maximum atomic E-state index is 13.8. The third-order valence-electron chi connectivity index (χ3n) is 4.03. The lowest BCUT2D eigenvalue weighted by Gasteiger charge is -2.34. The van der Waals surface area contributed by atoms with Crippen LogP contribution in [-0.2, 0) is 6.18 Å². The molecule has 1 fully saturated rings. The average molecular weight is 355 g/mol. The monoisotopic (exact) mass is 355 g/mol. The van der Waals surface area contributed by atoms with Crippen molar-refractivity contribution in [2.45, 2.75) is 24.9 Å². The van der Waals surface area contributed by atoms with Gasteiger partial charge in [0.05, 0.1) is 10.7 Å². The molecular formula is C16H13F4N3S. The van der Waals surface area contributed by atoms with Crippen LogP contribution >= 0.6 is 11.3 Å². The van der Waals surface area contributed by atoms with Crippen molar-refractivity contribution in [1.82, 2.24) is 4.98 Å². The molecule has 1 aliphatic rings. The Bertz CT molecular complexity index is 778. The van der Waals surface area contributed by atoms with Gasteiger partial charge in [-0.1, -0.05) is 6.07 Å². The highest BCUT2D eigenvalue weighted by Crippen LogP contribution is 2.36. The van der Waals surface area contributed by atoms with Gasteiger partial charge in [0, 0.05) is 24.4 Å². The summed E-state index contributed by atoms with van der Waals surface area (Å²) in [5, 5.41) is 10.6. The number of alkyl halides is 3. The van der Waals surface area contributed by atoms with Crippen molar-refractivity contribution in [3.05, 3.63) is 45.7 Å². The SMILES string of the molecule is N#Cc1c(F)cccc1N1CCCC(c2nc(C(F)(F)F)cs2)C1. The predicted octanol–water partition coefficient (Wildman–Crippen LogP) is 4.56. The molecular weight excluding hydrogens is 342 g/mol. The Hall–Kier alpha value is -2.14. The van der Waals surface area contributed by atoms with E-state index in [1.165, 1.54) is 12.1 Å². The number of anilines is 1. The van der Waals surface area contributed by atoms with Crippen molar-refractivity contribution in [3.63, 3.8) is 0 Å². The predicted molar refractivity (Wildman–Crippen MR) is 82.4 cm³/mol. The highest BCUT2D eigenvalue weighted by molar-refractivity contribution is 7.09. The molecule has 3 nitrogen and oxygen atoms in total. The van der Waals surface area contributed by atoms with Gasteiger partial charge in [-0.25, -0.2) is 9.37 Å². The van der Waals surface area contributed by atoms with Gasteiger partial charge in [0.25, 0.3) is 0 Å². The Morgan fingerprint density at radius 1 is 1.33 bits per heavy atom. The molecule has 1 aliphatic heterocycles. The van der Waals surface area contributed by atoms with E-state index in [-0.39, 0.29) is 11.5 Å². The van der Waals surface area contributed by atoms with Crippen LogP contribution in [0, 0.1) is 17.1 Å². The summed E-state index contributed by atoms with van der Waals surface area (Å²) in [5.41, 5.74) is -0.425. The van der Waals surface area contributed by atoms with Crippen LogP contribution in [-0.4, -0.2) is 18.1 Å². The molecule has 126 valence electrons. The Labute approximate surface area is 140 Å². The molecule has 1 aromatic carbocycles. The minimum absolute atomic E-state index is 0.0340. The van der Waals surface area contributed by atoms with Crippen LogP contribution in [0.5, 0.6) is 0 Å². The quantitative estimate of drug-likeness (QED) is 0.742. The maximum Gasteiger partial charge on any atom is 0.434 e. The standard InChI is InChI=1S/C16H13F4N3S/c17-12-4-1-5-13(11(12)7-21)23-6-2-3-10(8-23)15-22-14(9-24-15)16(18,19)20/h1,4-5,9-10H,2-3,6,8H2. The van der Waals surface area contributed by atoms with Crippen LogP contribution in [0.1, 0.15) is 35.0 Å². The van der Waals surface area contributed by atoms with E-state index in [2.05, 4.69) is 4.98 Å². The lowest BCUT2D eigenvalue weighted by atomic mass is 9.97. The number of aromatic nitrogens is 1. The largest absolute Gasteiger partial charge is 0.434 e. The number of rotatable bonds is 2. The van der Waals surface area contributed by atoms with Crippen molar-refractivity contribution in [2.75, 3.05) is 18.0 Å². The molecule has 2 heterocycles. The van der Waals surface area contributed by atoms with Crippen molar-refractivity contribution >= 4 is 17.0 Å². The van der Waals surface area contributed by atoms with Gasteiger partial charge in [0.2, 0.25) is 0 Å². The van der Waals surface area contributed by atoms with E-state index in [4.69, 9.17) is 5.26 Å². The van der Waals surface area contributed by atoms with Gasteiger partial charge >= 0.3 is 6.18 Å². The molecule has 3 rings (SSSR count). The minimum Gasteiger partial charge on any atom is -0.370 e. The zero-order valence-electron chi connectivity index (χ0n) is 12.5. The van der Waals surface area contributed by atoms with Crippen molar-refractivity contribution < 1.29 is 17.6 Å². The van der Waals surface area contributed by atoms with E-state index in [1.54, 1.807) is 6.07 Å². The minimum atomic E-state index is -4.44. The normalized spacial score (nSPS) is 18.5. The van der Waals surface area contributed by atoms with Crippen LogP contribution in [0.3, 0.4) is 0 Å². The molecule has 0 spiro atoms. The molecule has 1 unspecified atom stereocenters. The maximum absolute atomic E-state index is 13.8. The second-order valence-corrected chi connectivity index (χ2v) is 6.49. The molecule has 0 aliphatic carbocycles. The molecule has 1 atom stereocenters. The second kappa shape index (κ2) is 6.40. The van der Waals surface area contributed by atoms with E-state index in [0.717, 1.165) is 29.6 Å². The van der Waals surface area contributed by atoms with Crippen molar-refractivity contribution in [3.8, 4) is 6.07 Å². The van der Waals surface area contributed by atoms with Gasteiger partial charge in [-0.15, -0.1) is 11.3 Å². The summed E-state index contributed by atoms with van der Waals surface area (Å²) >= 11 is 0.996. The summed E-state index contributed by atoms with van der Waals surface area (Å²) in [4.78, 5) is 5.57. The van der Waals surface area contributed by atoms with Gasteiger partial charge in [-0.05, 0) is 25.0 Å². The van der Waals surface area contributed by atoms with Gasteiger partial charge in [-0.3, -0.25) is 0 Å². The molecule has 2 aromatic rings. The lowest BCUT2D eigenvalue weighted by Crippen LogP contribution is -2.35. The molecule has 0 bridgehead atoms. The fourth-order valence-corrected chi connectivity index (χ4v) is 3.84. The number of nitrogens with zero attached hydrogens (tertiary/aromatic N) is 3. The Morgan fingerprint density at radius 3 is 2.79 bits per heavy atom. The van der Waals surface area contributed by atoms with E-state index in [9.17, 15) is 17.6 Å². The van der Waals surface area contributed by atoms with Crippen LogP contribution in [0.15, 0.2) is 23.6 Å². The molecule has 24 heavy (non-hydrogen) atoms. The third-order valence-corrected chi connectivity index (χ3v) is 5.03. The number of piperidine rings is 1. The summed E-state index contributed by atoms with van der Waals surface area (Å²) in [6.07, 6.45) is -2.98. The summed E-state index contributed by atoms with van der Waals surface area (Å²) in [7, 11) is 0. The van der Waals surface area contributed by atoms with Crippen LogP contribution < -0.4 is 4.90 Å². The van der Waals surface area contributed by atoms with Crippen LogP contribution in [0.2, 0.25) is 0 Å². The summed E-state index contributed by atoms with van der Waals surface area (Å²) < 4.78 is 51.9. The van der Waals surface area contributed by atoms with E-state index in [1.807, 2.05) is 11.0 Å². The molecule has 1 saturated heterocycles. The van der Waals surface area contributed by atoms with Gasteiger partial charge in [-0.2, -0.15) is 18.4 Å². The first-order chi connectivity index (χ1) is 11.4. The summed E-state index contributed by atoms with van der Waals surface area (Å²) in [6, 6.07) is 6.27. The molecule has 0 radical (unpaired) electrons. The average Bonchev–Trinajstić information content (AvgIpc) is 3.05. The molecule has 8 heteroatoms. The molecule has 0 saturated carbocycles. The van der Waals surface area contributed by atoms with E-state index >= 15 is 0 Å². The third kappa shape index (κ3) is 3.22. The second-order valence-electron chi connectivity index (χ2n) is 5.60. The van der Waals surface area contributed by atoms with Gasteiger partial charge in [0.15, 0.2) is 5.69 Å². The topological polar surface area (TPSA) is 39.9 Å². The van der Waals surface area contributed by atoms with E-state index < -0.39 is 17.7 Å². The Kier molecular flexibility index (Phi) is 4.45. The zero-order valence-corrected chi connectivity index (χ0v) is 13.3. The fourth-order valence-electron chi connectivity index (χ4n) is 2.89. The number of hydrogen-bond acceptors (Lipinski definition) is 4. The summed E-state index contributed by atoms with van der Waals surface area (Å²) in [6.45, 7) is 1.05. The molecule has 1 aromatic heterocycles.